The molecule has 0 radical (unpaired) electrons. The molecule has 6 nitrogen and oxygen atoms in total. The zero-order chi connectivity index (χ0) is 16.7. The number of ether oxygens (including phenoxy) is 3. The maximum atomic E-state index is 5.86. The average molecular weight is 455 g/mol. The number of rotatable bonds is 9. The van der Waals surface area contributed by atoms with Crippen LogP contribution in [0.4, 0.5) is 0 Å². The molecule has 24 heavy (non-hydrogen) atoms. The molecule has 3 unspecified atom stereocenters. The summed E-state index contributed by atoms with van der Waals surface area (Å²) in [7, 11) is 1.68. The van der Waals surface area contributed by atoms with Gasteiger partial charge in [-0.3, -0.25) is 4.99 Å². The van der Waals surface area contributed by atoms with Gasteiger partial charge in [0.05, 0.1) is 19.3 Å². The summed E-state index contributed by atoms with van der Waals surface area (Å²) in [5, 5.41) is 6.97. The highest BCUT2D eigenvalue weighted by molar-refractivity contribution is 14.0. The molecular formula is C17H34IN3O3. The molecule has 2 fully saturated rings. The van der Waals surface area contributed by atoms with Crippen LogP contribution in [0.3, 0.4) is 0 Å². The smallest absolute Gasteiger partial charge is 0.191 e. The molecule has 2 rings (SSSR count). The van der Waals surface area contributed by atoms with Gasteiger partial charge < -0.3 is 24.8 Å². The van der Waals surface area contributed by atoms with E-state index in [-0.39, 0.29) is 29.4 Å². The Morgan fingerprint density at radius 1 is 1.29 bits per heavy atom. The summed E-state index contributed by atoms with van der Waals surface area (Å²) in [6.45, 7) is 11.2. The lowest BCUT2D eigenvalue weighted by Crippen LogP contribution is -2.67. The van der Waals surface area contributed by atoms with E-state index in [1.54, 1.807) is 7.11 Å². The minimum atomic E-state index is 0. The minimum Gasteiger partial charge on any atom is -0.382 e. The first-order chi connectivity index (χ1) is 11.1. The topological polar surface area (TPSA) is 64.1 Å². The molecule has 2 aliphatic rings. The molecule has 1 saturated heterocycles. The fourth-order valence-corrected chi connectivity index (χ4v) is 3.69. The van der Waals surface area contributed by atoms with E-state index in [1.807, 2.05) is 0 Å². The number of halogens is 1. The molecule has 1 heterocycles. The van der Waals surface area contributed by atoms with Gasteiger partial charge in [-0.15, -0.1) is 24.0 Å². The van der Waals surface area contributed by atoms with E-state index in [0.717, 1.165) is 45.1 Å². The highest BCUT2D eigenvalue weighted by Gasteiger charge is 2.59. The van der Waals surface area contributed by atoms with E-state index in [1.165, 1.54) is 0 Å². The van der Waals surface area contributed by atoms with E-state index in [9.17, 15) is 0 Å². The highest BCUT2D eigenvalue weighted by atomic mass is 127. The first kappa shape index (κ1) is 21.9. The number of nitrogens with zero attached hydrogens (tertiary/aromatic N) is 1. The van der Waals surface area contributed by atoms with Crippen LogP contribution in [0.25, 0.3) is 0 Å². The third-order valence-electron chi connectivity index (χ3n) is 4.89. The van der Waals surface area contributed by atoms with Crippen molar-refractivity contribution in [2.45, 2.75) is 45.8 Å². The second kappa shape index (κ2) is 10.8. The van der Waals surface area contributed by atoms with Crippen LogP contribution in [0.1, 0.15) is 33.6 Å². The Labute approximate surface area is 163 Å². The van der Waals surface area contributed by atoms with Crippen molar-refractivity contribution in [2.75, 3.05) is 46.6 Å². The van der Waals surface area contributed by atoms with Gasteiger partial charge in [-0.25, -0.2) is 0 Å². The average Bonchev–Trinajstić information content (AvgIpc) is 2.98. The van der Waals surface area contributed by atoms with Crippen molar-refractivity contribution >= 4 is 29.9 Å². The molecule has 7 heteroatoms. The standard InChI is InChI=1S/C17H33N3O3.HI/c1-5-18-16(19-8-6-9-22-12-11-21-4)20-14-13-7-10-23-15(13)17(14,2)3;/h13-15H,5-12H2,1-4H3,(H2,18,19,20);1H. The number of hydrogen-bond donors (Lipinski definition) is 2. The fraction of sp³-hybridized carbons (Fsp3) is 0.941. The summed E-state index contributed by atoms with van der Waals surface area (Å²) in [5.74, 6) is 1.53. The zero-order valence-corrected chi connectivity index (χ0v) is 17.8. The summed E-state index contributed by atoms with van der Waals surface area (Å²) in [6, 6.07) is 0.436. The number of fused-ring (bicyclic) bond motifs is 1. The maximum Gasteiger partial charge on any atom is 0.191 e. The molecule has 0 aromatic heterocycles. The van der Waals surface area contributed by atoms with Crippen LogP contribution in [-0.2, 0) is 14.2 Å². The summed E-state index contributed by atoms with van der Waals surface area (Å²) in [6.07, 6.45) is 2.47. The fourth-order valence-electron chi connectivity index (χ4n) is 3.69. The SMILES string of the molecule is CCNC(=NCCCOCCOC)NC1C2CCOC2C1(C)C.I. The van der Waals surface area contributed by atoms with Gasteiger partial charge in [-0.2, -0.15) is 0 Å². The number of methoxy groups -OCH3 is 1. The third-order valence-corrected chi connectivity index (χ3v) is 4.89. The second-order valence-electron chi connectivity index (χ2n) is 6.91. The molecule has 1 saturated carbocycles. The van der Waals surface area contributed by atoms with Gasteiger partial charge in [0.15, 0.2) is 5.96 Å². The van der Waals surface area contributed by atoms with Crippen LogP contribution in [0.15, 0.2) is 4.99 Å². The lowest BCUT2D eigenvalue weighted by atomic mass is 9.57. The number of nitrogens with one attached hydrogen (secondary N) is 2. The molecule has 0 aromatic rings. The monoisotopic (exact) mass is 455 g/mol. The summed E-state index contributed by atoms with van der Waals surface area (Å²) < 4.78 is 16.3. The van der Waals surface area contributed by atoms with Gasteiger partial charge in [0.2, 0.25) is 0 Å². The number of guanidine groups is 1. The summed E-state index contributed by atoms with van der Waals surface area (Å²) in [5.41, 5.74) is 0.167. The van der Waals surface area contributed by atoms with E-state index in [0.29, 0.717) is 31.3 Å². The largest absolute Gasteiger partial charge is 0.382 e. The Balaban J connectivity index is 0.00000288. The third kappa shape index (κ3) is 5.44. The molecule has 0 amide bonds. The Morgan fingerprint density at radius 3 is 2.79 bits per heavy atom. The summed E-state index contributed by atoms with van der Waals surface area (Å²) in [4.78, 5) is 4.68. The Morgan fingerprint density at radius 2 is 2.08 bits per heavy atom. The van der Waals surface area contributed by atoms with Crippen molar-refractivity contribution in [3.63, 3.8) is 0 Å². The van der Waals surface area contributed by atoms with Crippen molar-refractivity contribution in [1.82, 2.24) is 10.6 Å². The molecule has 3 atom stereocenters. The molecule has 0 spiro atoms. The maximum absolute atomic E-state index is 5.86. The molecule has 0 aromatic carbocycles. The van der Waals surface area contributed by atoms with Crippen LogP contribution in [0.2, 0.25) is 0 Å². The van der Waals surface area contributed by atoms with Crippen LogP contribution in [0, 0.1) is 11.3 Å². The zero-order valence-electron chi connectivity index (χ0n) is 15.5. The first-order valence-electron chi connectivity index (χ1n) is 8.84. The van der Waals surface area contributed by atoms with E-state index in [4.69, 9.17) is 14.2 Å². The molecule has 2 N–H and O–H groups in total. The quantitative estimate of drug-likeness (QED) is 0.241. The van der Waals surface area contributed by atoms with Crippen molar-refractivity contribution in [3.05, 3.63) is 0 Å². The van der Waals surface area contributed by atoms with Crippen LogP contribution >= 0.6 is 24.0 Å². The van der Waals surface area contributed by atoms with E-state index in [2.05, 4.69) is 36.4 Å². The molecular weight excluding hydrogens is 421 g/mol. The molecule has 142 valence electrons. The van der Waals surface area contributed by atoms with Gasteiger partial charge in [0.25, 0.3) is 0 Å². The first-order valence-corrected chi connectivity index (χ1v) is 8.84. The van der Waals surface area contributed by atoms with Crippen LogP contribution < -0.4 is 10.6 Å². The van der Waals surface area contributed by atoms with Crippen molar-refractivity contribution in [2.24, 2.45) is 16.3 Å². The van der Waals surface area contributed by atoms with Gasteiger partial charge in [-0.1, -0.05) is 13.8 Å². The van der Waals surface area contributed by atoms with Crippen LogP contribution in [0.5, 0.6) is 0 Å². The van der Waals surface area contributed by atoms with Gasteiger partial charge in [0.1, 0.15) is 0 Å². The lowest BCUT2D eigenvalue weighted by molar-refractivity contribution is -0.106. The molecule has 1 aliphatic carbocycles. The Kier molecular flexibility index (Phi) is 9.84. The summed E-state index contributed by atoms with van der Waals surface area (Å²) >= 11 is 0. The van der Waals surface area contributed by atoms with E-state index < -0.39 is 0 Å². The van der Waals surface area contributed by atoms with Crippen molar-refractivity contribution < 1.29 is 14.2 Å². The Hall–Kier alpha value is -0.120. The minimum absolute atomic E-state index is 0. The Bertz CT molecular complexity index is 393. The normalized spacial score (nSPS) is 27.8. The number of aliphatic imine (C=N–C) groups is 1. The highest BCUT2D eigenvalue weighted by Crippen LogP contribution is 2.52. The van der Waals surface area contributed by atoms with Crippen molar-refractivity contribution in [3.8, 4) is 0 Å². The van der Waals surface area contributed by atoms with Gasteiger partial charge in [-0.05, 0) is 19.8 Å². The second-order valence-corrected chi connectivity index (χ2v) is 6.91. The van der Waals surface area contributed by atoms with Crippen LogP contribution in [-0.4, -0.2) is 64.7 Å². The molecule has 0 bridgehead atoms. The number of hydrogen-bond acceptors (Lipinski definition) is 4. The predicted octanol–water partition coefficient (Wildman–Crippen LogP) is 2.03. The van der Waals surface area contributed by atoms with Gasteiger partial charge in [0, 0.05) is 50.8 Å². The van der Waals surface area contributed by atoms with E-state index >= 15 is 0 Å². The predicted molar refractivity (Wildman–Crippen MR) is 107 cm³/mol. The van der Waals surface area contributed by atoms with Crippen molar-refractivity contribution in [1.29, 1.82) is 0 Å². The van der Waals surface area contributed by atoms with Gasteiger partial charge >= 0.3 is 0 Å². The lowest BCUT2D eigenvalue weighted by Gasteiger charge is -2.54. The molecule has 1 aliphatic heterocycles.